The molecule has 31 heavy (non-hydrogen) atoms. The highest BCUT2D eigenvalue weighted by Crippen LogP contribution is 2.33. The molecule has 0 amide bonds. The predicted molar refractivity (Wildman–Crippen MR) is 127 cm³/mol. The normalized spacial score (nSPS) is 14.6. The number of nitrogens with zero attached hydrogens (tertiary/aromatic N) is 4. The summed E-state index contributed by atoms with van der Waals surface area (Å²) in [5.74, 6) is 3.24. The molecular formula is C22H34N6O2S. The van der Waals surface area contributed by atoms with E-state index in [9.17, 15) is 0 Å². The van der Waals surface area contributed by atoms with Crippen molar-refractivity contribution in [2.75, 3.05) is 38.9 Å². The van der Waals surface area contributed by atoms with Crippen molar-refractivity contribution in [3.63, 3.8) is 0 Å². The Balaban J connectivity index is 1.53. The molecule has 0 unspecified atom stereocenters. The molecule has 1 heterocycles. The van der Waals surface area contributed by atoms with Crippen LogP contribution in [-0.2, 0) is 6.42 Å². The SMILES string of the molecule is CCOc1cc(NC(=NC)NCCCc2nnc(SC)n2C2CCCC2)ccc1OC. The average molecular weight is 447 g/mol. The molecule has 1 aromatic carbocycles. The first-order valence-corrected chi connectivity index (χ1v) is 12.2. The molecular weight excluding hydrogens is 412 g/mol. The number of thioether (sulfide) groups is 1. The lowest BCUT2D eigenvalue weighted by Crippen LogP contribution is -2.31. The quantitative estimate of drug-likeness (QED) is 0.245. The number of benzene rings is 1. The maximum absolute atomic E-state index is 5.65. The molecule has 2 aromatic rings. The van der Waals surface area contributed by atoms with Crippen LogP contribution in [-0.4, -0.2) is 54.3 Å². The van der Waals surface area contributed by atoms with Gasteiger partial charge in [0.15, 0.2) is 22.6 Å². The van der Waals surface area contributed by atoms with Gasteiger partial charge in [0.05, 0.1) is 13.7 Å². The number of rotatable bonds is 10. The van der Waals surface area contributed by atoms with E-state index in [0.717, 1.165) is 42.0 Å². The summed E-state index contributed by atoms with van der Waals surface area (Å²) in [4.78, 5) is 4.33. The van der Waals surface area contributed by atoms with Crippen LogP contribution in [0.5, 0.6) is 11.5 Å². The summed E-state index contributed by atoms with van der Waals surface area (Å²) in [6, 6.07) is 6.31. The summed E-state index contributed by atoms with van der Waals surface area (Å²) in [5, 5.41) is 16.6. The van der Waals surface area contributed by atoms with Crippen LogP contribution in [0.25, 0.3) is 0 Å². The number of anilines is 1. The maximum atomic E-state index is 5.65. The molecule has 9 heteroatoms. The standard InChI is InChI=1S/C22H34N6O2S/c1-5-30-19-15-16(12-13-18(19)29-3)25-21(23-2)24-14-8-11-20-26-27-22(31-4)28(20)17-9-6-7-10-17/h12-13,15,17H,5-11,14H2,1-4H3,(H2,23,24,25). The van der Waals surface area contributed by atoms with Gasteiger partial charge < -0.3 is 24.7 Å². The van der Waals surface area contributed by atoms with Gasteiger partial charge in [-0.1, -0.05) is 24.6 Å². The summed E-state index contributed by atoms with van der Waals surface area (Å²) in [6.45, 7) is 3.33. The van der Waals surface area contributed by atoms with E-state index in [0.29, 0.717) is 24.1 Å². The van der Waals surface area contributed by atoms with Gasteiger partial charge in [0.25, 0.3) is 0 Å². The van der Waals surface area contributed by atoms with E-state index in [1.54, 1.807) is 25.9 Å². The maximum Gasteiger partial charge on any atom is 0.195 e. The number of aromatic nitrogens is 3. The van der Waals surface area contributed by atoms with E-state index < -0.39 is 0 Å². The second kappa shape index (κ2) is 11.8. The molecule has 0 bridgehead atoms. The van der Waals surface area contributed by atoms with Gasteiger partial charge in [-0.15, -0.1) is 10.2 Å². The Kier molecular flexibility index (Phi) is 8.87. The monoisotopic (exact) mass is 446 g/mol. The molecule has 0 saturated heterocycles. The van der Waals surface area contributed by atoms with Gasteiger partial charge in [-0.25, -0.2) is 0 Å². The van der Waals surface area contributed by atoms with Crippen molar-refractivity contribution >= 4 is 23.4 Å². The van der Waals surface area contributed by atoms with Gasteiger partial charge in [-0.05, 0) is 44.6 Å². The molecule has 3 rings (SSSR count). The fourth-order valence-electron chi connectivity index (χ4n) is 3.94. The van der Waals surface area contributed by atoms with E-state index in [-0.39, 0.29) is 0 Å². The third-order valence-corrected chi connectivity index (χ3v) is 6.07. The van der Waals surface area contributed by atoms with E-state index in [2.05, 4.69) is 36.6 Å². The Hall–Kier alpha value is -2.42. The van der Waals surface area contributed by atoms with E-state index in [4.69, 9.17) is 9.47 Å². The van der Waals surface area contributed by atoms with Gasteiger partial charge in [0.1, 0.15) is 5.82 Å². The number of hydrogen-bond donors (Lipinski definition) is 2. The van der Waals surface area contributed by atoms with Gasteiger partial charge in [-0.2, -0.15) is 0 Å². The van der Waals surface area contributed by atoms with Gasteiger partial charge in [0.2, 0.25) is 0 Å². The van der Waals surface area contributed by atoms with Crippen molar-refractivity contribution in [1.29, 1.82) is 0 Å². The Morgan fingerprint density at radius 3 is 2.74 bits per heavy atom. The van der Waals surface area contributed by atoms with E-state index in [1.165, 1.54) is 25.7 Å². The fraction of sp³-hybridized carbons (Fsp3) is 0.591. The third kappa shape index (κ3) is 6.06. The third-order valence-electron chi connectivity index (χ3n) is 5.43. The molecule has 0 radical (unpaired) electrons. The number of aryl methyl sites for hydroxylation is 1. The summed E-state index contributed by atoms with van der Waals surface area (Å²) in [7, 11) is 3.41. The van der Waals surface area contributed by atoms with Crippen molar-refractivity contribution in [3.8, 4) is 11.5 Å². The molecule has 0 atom stereocenters. The lowest BCUT2D eigenvalue weighted by atomic mass is 10.2. The highest BCUT2D eigenvalue weighted by atomic mass is 32.2. The van der Waals surface area contributed by atoms with Gasteiger partial charge in [0, 0.05) is 37.8 Å². The summed E-state index contributed by atoms with van der Waals surface area (Å²) in [6.07, 6.45) is 8.99. The van der Waals surface area contributed by atoms with Crippen LogP contribution >= 0.6 is 11.8 Å². The number of hydrogen-bond acceptors (Lipinski definition) is 6. The largest absolute Gasteiger partial charge is 0.493 e. The number of guanidine groups is 1. The summed E-state index contributed by atoms with van der Waals surface area (Å²) < 4.78 is 13.4. The second-order valence-electron chi connectivity index (χ2n) is 7.44. The number of aliphatic imine (C=N–C) groups is 1. The summed E-state index contributed by atoms with van der Waals surface area (Å²) in [5.41, 5.74) is 0.892. The van der Waals surface area contributed by atoms with Crippen molar-refractivity contribution < 1.29 is 9.47 Å². The molecule has 8 nitrogen and oxygen atoms in total. The zero-order chi connectivity index (χ0) is 22.1. The number of nitrogens with one attached hydrogen (secondary N) is 2. The van der Waals surface area contributed by atoms with Crippen LogP contribution in [0, 0.1) is 0 Å². The van der Waals surface area contributed by atoms with Crippen LogP contribution < -0.4 is 20.1 Å². The van der Waals surface area contributed by atoms with Crippen LogP contribution in [0.15, 0.2) is 28.3 Å². The van der Waals surface area contributed by atoms with Gasteiger partial charge in [-0.3, -0.25) is 4.99 Å². The Morgan fingerprint density at radius 1 is 1.26 bits per heavy atom. The van der Waals surface area contributed by atoms with Gasteiger partial charge >= 0.3 is 0 Å². The molecule has 0 aliphatic heterocycles. The first-order chi connectivity index (χ1) is 15.2. The topological polar surface area (TPSA) is 85.6 Å². The first kappa shape index (κ1) is 23.2. The first-order valence-electron chi connectivity index (χ1n) is 11.0. The Labute approximate surface area is 189 Å². The van der Waals surface area contributed by atoms with Crippen LogP contribution in [0.4, 0.5) is 5.69 Å². The Bertz CT molecular complexity index is 864. The lowest BCUT2D eigenvalue weighted by molar-refractivity contribution is 0.311. The van der Waals surface area contributed by atoms with Crippen LogP contribution in [0.3, 0.4) is 0 Å². The minimum absolute atomic E-state index is 0.560. The molecule has 0 spiro atoms. The van der Waals surface area contributed by atoms with Crippen molar-refractivity contribution in [2.24, 2.45) is 4.99 Å². The molecule has 1 saturated carbocycles. The van der Waals surface area contributed by atoms with Crippen LogP contribution in [0.1, 0.15) is 50.9 Å². The molecule has 1 aliphatic rings. The smallest absolute Gasteiger partial charge is 0.195 e. The van der Waals surface area contributed by atoms with Crippen LogP contribution in [0.2, 0.25) is 0 Å². The van der Waals surface area contributed by atoms with E-state index >= 15 is 0 Å². The lowest BCUT2D eigenvalue weighted by Gasteiger charge is -2.17. The average Bonchev–Trinajstić information content (AvgIpc) is 3.45. The van der Waals surface area contributed by atoms with Crippen molar-refractivity contribution in [3.05, 3.63) is 24.0 Å². The molecule has 170 valence electrons. The predicted octanol–water partition coefficient (Wildman–Crippen LogP) is 4.14. The molecule has 1 fully saturated rings. The number of methoxy groups -OCH3 is 1. The minimum Gasteiger partial charge on any atom is -0.493 e. The van der Waals surface area contributed by atoms with Crippen molar-refractivity contribution in [2.45, 2.75) is 56.6 Å². The molecule has 1 aliphatic carbocycles. The Morgan fingerprint density at radius 2 is 2.06 bits per heavy atom. The highest BCUT2D eigenvalue weighted by Gasteiger charge is 2.23. The van der Waals surface area contributed by atoms with E-state index in [1.807, 2.05) is 25.1 Å². The second-order valence-corrected chi connectivity index (χ2v) is 8.21. The van der Waals surface area contributed by atoms with Crippen molar-refractivity contribution in [1.82, 2.24) is 20.1 Å². The fourth-order valence-corrected chi connectivity index (χ4v) is 4.51. The molecule has 2 N–H and O–H groups in total. The zero-order valence-corrected chi connectivity index (χ0v) is 19.8. The summed E-state index contributed by atoms with van der Waals surface area (Å²) >= 11 is 1.68. The number of ether oxygens (including phenoxy) is 2. The highest BCUT2D eigenvalue weighted by molar-refractivity contribution is 7.98. The zero-order valence-electron chi connectivity index (χ0n) is 19.0. The minimum atomic E-state index is 0.560. The molecule has 1 aromatic heterocycles.